The lowest BCUT2D eigenvalue weighted by atomic mass is 10.2. The summed E-state index contributed by atoms with van der Waals surface area (Å²) in [7, 11) is 0. The number of hydrogen-bond donors (Lipinski definition) is 0. The molecule has 6 heteroatoms. The fourth-order valence-electron chi connectivity index (χ4n) is 3.00. The lowest BCUT2D eigenvalue weighted by molar-refractivity contribution is 0.890. The van der Waals surface area contributed by atoms with Crippen LogP contribution in [0.4, 0.5) is 0 Å². The predicted molar refractivity (Wildman–Crippen MR) is 105 cm³/mol. The first-order valence-electron chi connectivity index (χ1n) is 8.35. The summed E-state index contributed by atoms with van der Waals surface area (Å²) < 4.78 is 3.03. The highest BCUT2D eigenvalue weighted by atomic mass is 32.1. The molecule has 5 aromatic rings. The fourth-order valence-corrected chi connectivity index (χ4v) is 3.97. The van der Waals surface area contributed by atoms with E-state index in [2.05, 4.69) is 47.5 Å². The highest BCUT2D eigenvalue weighted by molar-refractivity contribution is 7.21. The van der Waals surface area contributed by atoms with Crippen molar-refractivity contribution in [2.75, 3.05) is 0 Å². The van der Waals surface area contributed by atoms with Gasteiger partial charge in [0, 0.05) is 6.20 Å². The zero-order valence-corrected chi connectivity index (χ0v) is 15.2. The van der Waals surface area contributed by atoms with Crippen LogP contribution in [0.3, 0.4) is 0 Å². The summed E-state index contributed by atoms with van der Waals surface area (Å²) in [4.78, 5) is 4.74. The van der Waals surface area contributed by atoms with Crippen molar-refractivity contribution in [1.82, 2.24) is 25.0 Å². The first-order chi connectivity index (χ1) is 12.7. The average Bonchev–Trinajstić information content (AvgIpc) is 3.27. The van der Waals surface area contributed by atoms with E-state index in [9.17, 15) is 0 Å². The van der Waals surface area contributed by atoms with Gasteiger partial charge in [-0.05, 0) is 38.1 Å². The quantitative estimate of drug-likeness (QED) is 0.459. The molecule has 126 valence electrons. The first-order valence-corrected chi connectivity index (χ1v) is 9.16. The Balaban J connectivity index is 1.73. The van der Waals surface area contributed by atoms with Crippen LogP contribution in [-0.2, 0) is 0 Å². The Bertz CT molecular complexity index is 1220. The largest absolute Gasteiger partial charge is 0.240 e. The van der Waals surface area contributed by atoms with E-state index in [-0.39, 0.29) is 0 Å². The summed E-state index contributed by atoms with van der Waals surface area (Å²) in [5, 5.41) is 15.3. The monoisotopic (exact) mass is 357 g/mol. The number of aromatic nitrogens is 5. The van der Waals surface area contributed by atoms with Crippen LogP contribution in [0.15, 0.2) is 54.7 Å². The highest BCUT2D eigenvalue weighted by Gasteiger charge is 2.16. The van der Waals surface area contributed by atoms with E-state index >= 15 is 0 Å². The van der Waals surface area contributed by atoms with Gasteiger partial charge in [0.1, 0.15) is 16.2 Å². The lowest BCUT2D eigenvalue weighted by Gasteiger charge is -2.00. The molecular weight excluding hydrogens is 342 g/mol. The van der Waals surface area contributed by atoms with Gasteiger partial charge in [-0.25, -0.2) is 9.67 Å². The topological polar surface area (TPSA) is 56.5 Å². The van der Waals surface area contributed by atoms with Crippen molar-refractivity contribution >= 4 is 32.5 Å². The first kappa shape index (κ1) is 15.2. The number of fused-ring (bicyclic) bond motifs is 2. The van der Waals surface area contributed by atoms with Crippen LogP contribution in [0.25, 0.3) is 37.5 Å². The molecule has 26 heavy (non-hydrogen) atoms. The molecule has 0 radical (unpaired) electrons. The van der Waals surface area contributed by atoms with Gasteiger partial charge in [-0.1, -0.05) is 29.8 Å². The van der Waals surface area contributed by atoms with Gasteiger partial charge in [0.15, 0.2) is 0 Å². The number of rotatable bonds is 2. The number of aryl methyl sites for hydroxylation is 2. The molecule has 0 amide bonds. The smallest absolute Gasteiger partial charge is 0.145 e. The second-order valence-corrected chi connectivity index (χ2v) is 7.32. The van der Waals surface area contributed by atoms with E-state index in [1.165, 1.54) is 5.56 Å². The second kappa shape index (κ2) is 5.71. The minimum absolute atomic E-state index is 0.783. The molecule has 0 spiro atoms. The molecule has 5 nitrogen and oxygen atoms in total. The fraction of sp³-hybridized carbons (Fsp3) is 0.100. The standard InChI is InChI=1S/C20H15N5S/c1-12-7-9-14(10-8-12)25-11-15-18(24-25)13(2)22-23-19(15)20-21-16-5-3-4-6-17(16)26-20/h3-11H,1-2H3. The molecule has 0 fully saturated rings. The summed E-state index contributed by atoms with van der Waals surface area (Å²) in [5.41, 5.74) is 5.67. The Morgan fingerprint density at radius 1 is 0.923 bits per heavy atom. The van der Waals surface area contributed by atoms with Gasteiger partial charge in [-0.15, -0.1) is 16.4 Å². The van der Waals surface area contributed by atoms with Gasteiger partial charge in [-0.3, -0.25) is 0 Å². The summed E-state index contributed by atoms with van der Waals surface area (Å²) >= 11 is 1.63. The van der Waals surface area contributed by atoms with Crippen LogP contribution in [0.1, 0.15) is 11.3 Å². The van der Waals surface area contributed by atoms with Gasteiger partial charge in [-0.2, -0.15) is 10.2 Å². The molecular formula is C20H15N5S. The van der Waals surface area contributed by atoms with Gasteiger partial charge >= 0.3 is 0 Å². The number of nitrogens with zero attached hydrogens (tertiary/aromatic N) is 5. The zero-order chi connectivity index (χ0) is 17.7. The van der Waals surface area contributed by atoms with E-state index in [4.69, 9.17) is 10.1 Å². The van der Waals surface area contributed by atoms with Crippen LogP contribution in [0.2, 0.25) is 0 Å². The number of hydrogen-bond acceptors (Lipinski definition) is 5. The minimum Gasteiger partial charge on any atom is -0.240 e. The molecule has 0 atom stereocenters. The van der Waals surface area contributed by atoms with Gasteiger partial charge in [0.2, 0.25) is 0 Å². The normalized spacial score (nSPS) is 11.5. The van der Waals surface area contributed by atoms with Crippen molar-refractivity contribution < 1.29 is 0 Å². The predicted octanol–water partition coefficient (Wildman–Crippen LogP) is 4.71. The average molecular weight is 357 g/mol. The third-order valence-electron chi connectivity index (χ3n) is 4.41. The highest BCUT2D eigenvalue weighted by Crippen LogP contribution is 2.33. The minimum atomic E-state index is 0.783. The Kier molecular flexibility index (Phi) is 3.33. The molecule has 5 rings (SSSR count). The molecule has 3 heterocycles. The molecule has 0 N–H and O–H groups in total. The number of benzene rings is 2. The van der Waals surface area contributed by atoms with Crippen LogP contribution in [0.5, 0.6) is 0 Å². The second-order valence-electron chi connectivity index (χ2n) is 6.29. The van der Waals surface area contributed by atoms with Crippen molar-refractivity contribution in [3.05, 3.63) is 66.0 Å². The maximum absolute atomic E-state index is 4.74. The molecule has 0 aliphatic heterocycles. The van der Waals surface area contributed by atoms with E-state index < -0.39 is 0 Å². The third kappa shape index (κ3) is 2.38. The summed E-state index contributed by atoms with van der Waals surface area (Å²) in [6.07, 6.45) is 2.02. The maximum Gasteiger partial charge on any atom is 0.145 e. The Hall–Kier alpha value is -3.12. The maximum atomic E-state index is 4.74. The Morgan fingerprint density at radius 3 is 2.54 bits per heavy atom. The van der Waals surface area contributed by atoms with Crippen LogP contribution in [0, 0.1) is 13.8 Å². The van der Waals surface area contributed by atoms with E-state index in [1.54, 1.807) is 11.3 Å². The molecule has 0 aliphatic rings. The van der Waals surface area contributed by atoms with Crippen molar-refractivity contribution in [3.8, 4) is 16.4 Å². The van der Waals surface area contributed by atoms with Crippen LogP contribution in [-0.4, -0.2) is 25.0 Å². The molecule has 0 aliphatic carbocycles. The van der Waals surface area contributed by atoms with E-state index in [1.807, 2.05) is 36.0 Å². The van der Waals surface area contributed by atoms with Gasteiger partial charge < -0.3 is 0 Å². The van der Waals surface area contributed by atoms with E-state index in [0.29, 0.717) is 0 Å². The van der Waals surface area contributed by atoms with E-state index in [0.717, 1.165) is 43.2 Å². The summed E-state index contributed by atoms with van der Waals surface area (Å²) in [6.45, 7) is 4.01. The SMILES string of the molecule is Cc1ccc(-n2cc3c(-c4nc5ccccc5s4)nnc(C)c3n2)cc1. The number of para-hydroxylation sites is 1. The lowest BCUT2D eigenvalue weighted by Crippen LogP contribution is -1.94. The summed E-state index contributed by atoms with van der Waals surface area (Å²) in [6, 6.07) is 16.4. The molecule has 2 aromatic carbocycles. The van der Waals surface area contributed by atoms with Crippen LogP contribution >= 0.6 is 11.3 Å². The number of thiazole rings is 1. The molecule has 0 bridgehead atoms. The molecule has 3 aromatic heterocycles. The Labute approximate surface area is 154 Å². The van der Waals surface area contributed by atoms with Crippen LogP contribution < -0.4 is 0 Å². The zero-order valence-electron chi connectivity index (χ0n) is 14.3. The van der Waals surface area contributed by atoms with Crippen molar-refractivity contribution in [2.24, 2.45) is 0 Å². The molecule has 0 saturated carbocycles. The van der Waals surface area contributed by atoms with Gasteiger partial charge in [0.05, 0.1) is 27.0 Å². The Morgan fingerprint density at radius 2 is 1.73 bits per heavy atom. The summed E-state index contributed by atoms with van der Waals surface area (Å²) in [5.74, 6) is 0. The molecule has 0 saturated heterocycles. The van der Waals surface area contributed by atoms with Gasteiger partial charge in [0.25, 0.3) is 0 Å². The van der Waals surface area contributed by atoms with Crippen molar-refractivity contribution in [2.45, 2.75) is 13.8 Å². The molecule has 0 unspecified atom stereocenters. The van der Waals surface area contributed by atoms with Crippen molar-refractivity contribution in [1.29, 1.82) is 0 Å². The van der Waals surface area contributed by atoms with Crippen molar-refractivity contribution in [3.63, 3.8) is 0 Å². The third-order valence-corrected chi connectivity index (χ3v) is 5.45.